The lowest BCUT2D eigenvalue weighted by Crippen LogP contribution is -2.18. The van der Waals surface area contributed by atoms with Gasteiger partial charge in [0.05, 0.1) is 4.92 Å². The van der Waals surface area contributed by atoms with Crippen molar-refractivity contribution < 1.29 is 4.92 Å². The van der Waals surface area contributed by atoms with Crippen molar-refractivity contribution >= 4 is 17.3 Å². The van der Waals surface area contributed by atoms with Crippen molar-refractivity contribution in [3.8, 4) is 0 Å². The predicted molar refractivity (Wildman–Crippen MR) is 76.7 cm³/mol. The highest BCUT2D eigenvalue weighted by molar-refractivity contribution is 6.30. The Hall–Kier alpha value is -1.87. The van der Waals surface area contributed by atoms with Crippen molar-refractivity contribution in [1.82, 2.24) is 0 Å². The van der Waals surface area contributed by atoms with Crippen molar-refractivity contribution in [2.45, 2.75) is 19.3 Å². The van der Waals surface area contributed by atoms with Crippen LogP contribution in [-0.2, 0) is 5.41 Å². The molecule has 0 aliphatic heterocycles. The smallest absolute Gasteiger partial charge is 0.258 e. The fourth-order valence-electron chi connectivity index (χ4n) is 2.04. The Morgan fingerprint density at radius 1 is 1.05 bits per heavy atom. The predicted octanol–water partition coefficient (Wildman–Crippen LogP) is 4.57. The van der Waals surface area contributed by atoms with E-state index in [2.05, 4.69) is 0 Å². The van der Waals surface area contributed by atoms with E-state index < -0.39 is 0 Å². The van der Waals surface area contributed by atoms with Crippen LogP contribution in [0.15, 0.2) is 48.5 Å². The van der Waals surface area contributed by atoms with Crippen molar-refractivity contribution in [2.24, 2.45) is 0 Å². The van der Waals surface area contributed by atoms with Crippen LogP contribution in [0.2, 0.25) is 5.02 Å². The summed E-state index contributed by atoms with van der Waals surface area (Å²) in [7, 11) is 0. The molecule has 0 aromatic heterocycles. The lowest BCUT2D eigenvalue weighted by atomic mass is 9.78. The van der Waals surface area contributed by atoms with Gasteiger partial charge in [-0.15, -0.1) is 0 Å². The molecule has 0 saturated carbocycles. The zero-order valence-corrected chi connectivity index (χ0v) is 11.5. The Balaban J connectivity index is 2.46. The number of benzene rings is 2. The van der Waals surface area contributed by atoms with Crippen molar-refractivity contribution in [1.29, 1.82) is 0 Å². The summed E-state index contributed by atoms with van der Waals surface area (Å²) in [4.78, 5) is 10.5. The maximum atomic E-state index is 10.8. The van der Waals surface area contributed by atoms with Gasteiger partial charge in [0.2, 0.25) is 0 Å². The van der Waals surface area contributed by atoms with Gasteiger partial charge in [0.25, 0.3) is 5.69 Å². The highest BCUT2D eigenvalue weighted by Gasteiger charge is 2.24. The molecular formula is C15H14ClNO2. The van der Waals surface area contributed by atoms with Gasteiger partial charge in [-0.2, -0.15) is 0 Å². The molecule has 0 radical (unpaired) electrons. The molecule has 0 atom stereocenters. The Kier molecular flexibility index (Phi) is 3.58. The van der Waals surface area contributed by atoms with E-state index in [0.29, 0.717) is 5.02 Å². The monoisotopic (exact) mass is 275 g/mol. The van der Waals surface area contributed by atoms with E-state index in [1.165, 1.54) is 6.07 Å². The van der Waals surface area contributed by atoms with Crippen LogP contribution in [0.5, 0.6) is 0 Å². The fraction of sp³-hybridized carbons (Fsp3) is 0.200. The molecule has 0 heterocycles. The third-order valence-corrected chi connectivity index (χ3v) is 3.60. The van der Waals surface area contributed by atoms with E-state index in [-0.39, 0.29) is 16.0 Å². The first-order chi connectivity index (χ1) is 8.91. The first-order valence-corrected chi connectivity index (χ1v) is 6.30. The number of hydrogen-bond acceptors (Lipinski definition) is 2. The molecule has 0 aliphatic rings. The molecule has 0 fully saturated rings. The molecule has 2 aromatic carbocycles. The lowest BCUT2D eigenvalue weighted by Gasteiger charge is -2.26. The number of rotatable bonds is 3. The van der Waals surface area contributed by atoms with E-state index in [9.17, 15) is 10.1 Å². The van der Waals surface area contributed by atoms with Gasteiger partial charge >= 0.3 is 0 Å². The van der Waals surface area contributed by atoms with E-state index in [0.717, 1.165) is 11.1 Å². The van der Waals surface area contributed by atoms with Gasteiger partial charge in [-0.1, -0.05) is 49.7 Å². The minimum atomic E-state index is -0.374. The number of hydrogen-bond donors (Lipinski definition) is 0. The Morgan fingerprint density at radius 2 is 1.68 bits per heavy atom. The number of non-ortho nitro benzene ring substituents is 1. The molecule has 0 spiro atoms. The normalized spacial score (nSPS) is 11.3. The van der Waals surface area contributed by atoms with Crippen molar-refractivity contribution in [2.75, 3.05) is 0 Å². The van der Waals surface area contributed by atoms with E-state index >= 15 is 0 Å². The van der Waals surface area contributed by atoms with Gasteiger partial charge < -0.3 is 0 Å². The maximum Gasteiger partial charge on any atom is 0.269 e. The Morgan fingerprint density at radius 3 is 2.26 bits per heavy atom. The van der Waals surface area contributed by atoms with E-state index in [4.69, 9.17) is 11.6 Å². The topological polar surface area (TPSA) is 43.1 Å². The molecule has 0 saturated heterocycles. The second-order valence-electron chi connectivity index (χ2n) is 4.94. The summed E-state index contributed by atoms with van der Waals surface area (Å²) in [6.07, 6.45) is 0. The largest absolute Gasteiger partial charge is 0.269 e. The molecule has 19 heavy (non-hydrogen) atoms. The molecule has 2 aromatic rings. The summed E-state index contributed by atoms with van der Waals surface area (Å²) in [5, 5.41) is 11.5. The Bertz CT molecular complexity index is 606. The first kappa shape index (κ1) is 13.6. The van der Waals surface area contributed by atoms with Crippen molar-refractivity contribution in [3.63, 3.8) is 0 Å². The standard InChI is InChI=1S/C15H14ClNO2/c1-15(2,11-6-8-13(16)9-7-11)12-4-3-5-14(10-12)17(18)19/h3-10H,1-2H3. The van der Waals surface area contributed by atoms with E-state index in [1.807, 2.05) is 44.2 Å². The van der Waals surface area contributed by atoms with Gasteiger partial charge in [-0.3, -0.25) is 10.1 Å². The van der Waals surface area contributed by atoms with Crippen LogP contribution in [0, 0.1) is 10.1 Å². The fourth-order valence-corrected chi connectivity index (χ4v) is 2.17. The average molecular weight is 276 g/mol. The molecule has 0 bridgehead atoms. The van der Waals surface area contributed by atoms with Crippen LogP contribution in [-0.4, -0.2) is 4.92 Å². The molecule has 2 rings (SSSR count). The second kappa shape index (κ2) is 5.02. The highest BCUT2D eigenvalue weighted by Crippen LogP contribution is 2.33. The first-order valence-electron chi connectivity index (χ1n) is 5.92. The van der Waals surface area contributed by atoms with E-state index in [1.54, 1.807) is 12.1 Å². The molecule has 0 unspecified atom stereocenters. The maximum absolute atomic E-state index is 10.8. The quantitative estimate of drug-likeness (QED) is 0.608. The number of halogens is 1. The summed E-state index contributed by atoms with van der Waals surface area (Å²) in [6.45, 7) is 4.07. The third kappa shape index (κ3) is 2.76. The van der Waals surface area contributed by atoms with Crippen LogP contribution in [0.4, 0.5) is 5.69 Å². The number of nitrogens with zero attached hydrogens (tertiary/aromatic N) is 1. The van der Waals surface area contributed by atoms with Crippen LogP contribution in [0.3, 0.4) is 0 Å². The zero-order chi connectivity index (χ0) is 14.0. The zero-order valence-electron chi connectivity index (χ0n) is 10.8. The average Bonchev–Trinajstić information content (AvgIpc) is 2.39. The lowest BCUT2D eigenvalue weighted by molar-refractivity contribution is -0.384. The highest BCUT2D eigenvalue weighted by atomic mass is 35.5. The molecule has 4 heteroatoms. The molecule has 98 valence electrons. The Labute approximate surface area is 117 Å². The SMILES string of the molecule is CC(C)(c1ccc(Cl)cc1)c1cccc([N+](=O)[O-])c1. The molecule has 0 aliphatic carbocycles. The van der Waals surface area contributed by atoms with Gasteiger partial charge in [0.1, 0.15) is 0 Å². The van der Waals surface area contributed by atoms with Crippen LogP contribution >= 0.6 is 11.6 Å². The number of nitro benzene ring substituents is 1. The van der Waals surface area contributed by atoms with Gasteiger partial charge in [-0.25, -0.2) is 0 Å². The van der Waals surface area contributed by atoms with Crippen LogP contribution in [0.25, 0.3) is 0 Å². The van der Waals surface area contributed by atoms with Crippen LogP contribution in [0.1, 0.15) is 25.0 Å². The molecule has 0 N–H and O–H groups in total. The summed E-state index contributed by atoms with van der Waals surface area (Å²) in [6, 6.07) is 14.3. The summed E-state index contributed by atoms with van der Waals surface area (Å²) in [5.74, 6) is 0. The second-order valence-corrected chi connectivity index (χ2v) is 5.38. The summed E-state index contributed by atoms with van der Waals surface area (Å²) in [5.41, 5.74) is 1.78. The summed E-state index contributed by atoms with van der Waals surface area (Å²) < 4.78 is 0. The van der Waals surface area contributed by atoms with Crippen molar-refractivity contribution in [3.05, 3.63) is 74.8 Å². The summed E-state index contributed by atoms with van der Waals surface area (Å²) >= 11 is 5.89. The molecular weight excluding hydrogens is 262 g/mol. The van der Waals surface area contributed by atoms with Crippen LogP contribution < -0.4 is 0 Å². The third-order valence-electron chi connectivity index (χ3n) is 3.34. The van der Waals surface area contributed by atoms with Gasteiger partial charge in [-0.05, 0) is 23.3 Å². The number of nitro groups is 1. The molecule has 0 amide bonds. The molecule has 3 nitrogen and oxygen atoms in total. The van der Waals surface area contributed by atoms with Gasteiger partial charge in [0.15, 0.2) is 0 Å². The minimum absolute atomic E-state index is 0.111. The minimum Gasteiger partial charge on any atom is -0.258 e. The van der Waals surface area contributed by atoms with Gasteiger partial charge in [0, 0.05) is 22.6 Å².